The summed E-state index contributed by atoms with van der Waals surface area (Å²) >= 11 is 0. The Morgan fingerprint density at radius 1 is 1.33 bits per heavy atom. The summed E-state index contributed by atoms with van der Waals surface area (Å²) in [4.78, 5) is 10.8. The number of hydrogen-bond acceptors (Lipinski definition) is 4. The highest BCUT2D eigenvalue weighted by Crippen LogP contribution is 2.29. The second-order valence-electron chi connectivity index (χ2n) is 3.70. The van der Waals surface area contributed by atoms with Gasteiger partial charge in [0.05, 0.1) is 12.0 Å². The van der Waals surface area contributed by atoms with E-state index in [1.807, 2.05) is 17.3 Å². The normalized spacial score (nSPS) is 18.1. The predicted octanol–water partition coefficient (Wildman–Crippen LogP) is 1.52. The first kappa shape index (κ1) is 8.47. The number of fused-ring (bicyclic) bond motifs is 3. The van der Waals surface area contributed by atoms with E-state index in [2.05, 4.69) is 9.98 Å². The van der Waals surface area contributed by atoms with Crippen molar-refractivity contribution in [3.8, 4) is 5.75 Å². The molecule has 15 heavy (non-hydrogen) atoms. The van der Waals surface area contributed by atoms with Gasteiger partial charge in [-0.3, -0.25) is 4.99 Å². The van der Waals surface area contributed by atoms with E-state index in [4.69, 9.17) is 0 Å². The molecule has 0 aliphatic carbocycles. The summed E-state index contributed by atoms with van der Waals surface area (Å²) in [6.07, 6.45) is 2.88. The van der Waals surface area contributed by atoms with Crippen LogP contribution in [0.3, 0.4) is 0 Å². The minimum absolute atomic E-state index is 0.263. The predicted molar refractivity (Wildman–Crippen MR) is 59.0 cm³/mol. The molecule has 1 aromatic carbocycles. The lowest BCUT2D eigenvalue weighted by molar-refractivity contribution is 0.474. The summed E-state index contributed by atoms with van der Waals surface area (Å²) in [5, 5.41) is 9.45. The van der Waals surface area contributed by atoms with Crippen LogP contribution in [0.5, 0.6) is 5.75 Å². The second-order valence-corrected chi connectivity index (χ2v) is 3.70. The van der Waals surface area contributed by atoms with Crippen LogP contribution in [0, 0.1) is 0 Å². The molecule has 0 aromatic heterocycles. The van der Waals surface area contributed by atoms with Crippen LogP contribution in [0.4, 0.5) is 5.69 Å². The van der Waals surface area contributed by atoms with Crippen LogP contribution in [0.15, 0.2) is 28.2 Å². The number of aromatic hydroxyl groups is 1. The molecule has 2 aliphatic rings. The third-order valence-electron chi connectivity index (χ3n) is 2.65. The Labute approximate surface area is 87.6 Å². The maximum Gasteiger partial charge on any atom is 0.138 e. The number of rotatable bonds is 0. The van der Waals surface area contributed by atoms with E-state index in [-0.39, 0.29) is 5.75 Å². The standard InChI is InChI=1S/C11H11N3O/c15-8-2-3-10-9(6-8)11-12-4-1-5-14(11)7-13-10/h2-3,6-7,15H,1,4-5H2. The molecular formula is C11H11N3O. The highest BCUT2D eigenvalue weighted by molar-refractivity contribution is 6.11. The average molecular weight is 201 g/mol. The fraction of sp³-hybridized carbons (Fsp3) is 0.273. The molecule has 0 bridgehead atoms. The molecule has 2 heterocycles. The molecule has 1 N–H and O–H groups in total. The molecule has 1 aromatic rings. The Morgan fingerprint density at radius 2 is 2.27 bits per heavy atom. The zero-order valence-corrected chi connectivity index (χ0v) is 8.22. The fourth-order valence-electron chi connectivity index (χ4n) is 1.92. The smallest absolute Gasteiger partial charge is 0.138 e. The van der Waals surface area contributed by atoms with E-state index in [1.165, 1.54) is 0 Å². The van der Waals surface area contributed by atoms with E-state index in [1.54, 1.807) is 12.1 Å². The summed E-state index contributed by atoms with van der Waals surface area (Å²) < 4.78 is 0. The van der Waals surface area contributed by atoms with Crippen molar-refractivity contribution in [3.05, 3.63) is 23.8 Å². The number of amidine groups is 1. The van der Waals surface area contributed by atoms with Gasteiger partial charge >= 0.3 is 0 Å². The highest BCUT2D eigenvalue weighted by Gasteiger charge is 2.21. The van der Waals surface area contributed by atoms with Crippen LogP contribution >= 0.6 is 0 Å². The van der Waals surface area contributed by atoms with Crippen molar-refractivity contribution in [3.63, 3.8) is 0 Å². The first-order valence-corrected chi connectivity index (χ1v) is 5.03. The molecule has 0 saturated carbocycles. The van der Waals surface area contributed by atoms with Crippen molar-refractivity contribution in [2.45, 2.75) is 6.42 Å². The lowest BCUT2D eigenvalue weighted by Gasteiger charge is -2.29. The molecule has 0 amide bonds. The first-order valence-electron chi connectivity index (χ1n) is 5.03. The third kappa shape index (κ3) is 1.29. The summed E-state index contributed by atoms with van der Waals surface area (Å²) in [5.74, 6) is 1.20. The van der Waals surface area contributed by atoms with Gasteiger partial charge in [0.15, 0.2) is 0 Å². The summed E-state index contributed by atoms with van der Waals surface area (Å²) in [5.41, 5.74) is 1.81. The Morgan fingerprint density at radius 3 is 3.20 bits per heavy atom. The van der Waals surface area contributed by atoms with E-state index in [9.17, 15) is 5.11 Å². The summed E-state index contributed by atoms with van der Waals surface area (Å²) in [6, 6.07) is 5.19. The maximum atomic E-state index is 9.45. The van der Waals surface area contributed by atoms with Gasteiger partial charge in [0.25, 0.3) is 0 Å². The molecule has 0 saturated heterocycles. The second kappa shape index (κ2) is 3.08. The zero-order chi connectivity index (χ0) is 10.3. The van der Waals surface area contributed by atoms with Gasteiger partial charge < -0.3 is 10.0 Å². The topological polar surface area (TPSA) is 48.2 Å². The monoisotopic (exact) mass is 201 g/mol. The van der Waals surface area contributed by atoms with Crippen LogP contribution in [0.2, 0.25) is 0 Å². The minimum atomic E-state index is 0.263. The quantitative estimate of drug-likeness (QED) is 0.691. The van der Waals surface area contributed by atoms with E-state index in [0.717, 1.165) is 36.6 Å². The van der Waals surface area contributed by atoms with Gasteiger partial charge in [-0.1, -0.05) is 0 Å². The molecule has 0 atom stereocenters. The Hall–Kier alpha value is -1.84. The summed E-state index contributed by atoms with van der Waals surface area (Å²) in [6.45, 7) is 1.81. The van der Waals surface area contributed by atoms with Gasteiger partial charge in [0, 0.05) is 18.7 Å². The van der Waals surface area contributed by atoms with Gasteiger partial charge in [-0.25, -0.2) is 4.99 Å². The molecular weight excluding hydrogens is 190 g/mol. The maximum absolute atomic E-state index is 9.45. The summed E-state index contributed by atoms with van der Waals surface area (Å²) in [7, 11) is 0. The van der Waals surface area contributed by atoms with Gasteiger partial charge in [0.1, 0.15) is 11.6 Å². The van der Waals surface area contributed by atoms with Crippen LogP contribution in [0.1, 0.15) is 12.0 Å². The van der Waals surface area contributed by atoms with Crippen LogP contribution in [0.25, 0.3) is 0 Å². The number of nitrogens with zero attached hydrogens (tertiary/aromatic N) is 3. The molecule has 0 fully saturated rings. The van der Waals surface area contributed by atoms with Crippen molar-refractivity contribution in [1.82, 2.24) is 4.90 Å². The van der Waals surface area contributed by atoms with Crippen molar-refractivity contribution >= 4 is 17.9 Å². The van der Waals surface area contributed by atoms with E-state index >= 15 is 0 Å². The fourth-order valence-corrected chi connectivity index (χ4v) is 1.92. The lowest BCUT2D eigenvalue weighted by atomic mass is 10.1. The number of benzene rings is 1. The van der Waals surface area contributed by atoms with Crippen molar-refractivity contribution in [2.75, 3.05) is 13.1 Å². The zero-order valence-electron chi connectivity index (χ0n) is 8.22. The van der Waals surface area contributed by atoms with Gasteiger partial charge in [0.2, 0.25) is 0 Å². The molecule has 0 radical (unpaired) electrons. The third-order valence-corrected chi connectivity index (χ3v) is 2.65. The SMILES string of the molecule is Oc1ccc2c(c1)C1=NCCCN1C=N2. The number of phenols is 1. The molecule has 4 nitrogen and oxygen atoms in total. The Balaban J connectivity index is 2.18. The van der Waals surface area contributed by atoms with Crippen LogP contribution < -0.4 is 0 Å². The van der Waals surface area contributed by atoms with Gasteiger partial charge in [-0.15, -0.1) is 0 Å². The van der Waals surface area contributed by atoms with Crippen molar-refractivity contribution in [2.24, 2.45) is 9.98 Å². The van der Waals surface area contributed by atoms with Crippen molar-refractivity contribution in [1.29, 1.82) is 0 Å². The van der Waals surface area contributed by atoms with Crippen molar-refractivity contribution < 1.29 is 5.11 Å². The van der Waals surface area contributed by atoms with Crippen LogP contribution in [-0.4, -0.2) is 35.3 Å². The van der Waals surface area contributed by atoms with Crippen LogP contribution in [-0.2, 0) is 0 Å². The average Bonchev–Trinajstić information content (AvgIpc) is 2.29. The number of hydrogen-bond donors (Lipinski definition) is 1. The lowest BCUT2D eigenvalue weighted by Crippen LogP contribution is -2.36. The van der Waals surface area contributed by atoms with Gasteiger partial charge in [-0.05, 0) is 24.6 Å². The number of aliphatic imine (C=N–C) groups is 2. The molecule has 2 aliphatic heterocycles. The molecule has 0 spiro atoms. The molecule has 3 rings (SSSR count). The molecule has 0 unspecified atom stereocenters. The van der Waals surface area contributed by atoms with Gasteiger partial charge in [-0.2, -0.15) is 0 Å². The molecule has 76 valence electrons. The molecule has 4 heteroatoms. The number of phenolic OH excluding ortho intramolecular Hbond substituents is 1. The minimum Gasteiger partial charge on any atom is -0.508 e. The largest absolute Gasteiger partial charge is 0.508 e. The Bertz CT molecular complexity index is 465. The van der Waals surface area contributed by atoms with E-state index in [0.29, 0.717) is 0 Å². The Kier molecular flexibility index (Phi) is 1.74. The van der Waals surface area contributed by atoms with E-state index < -0.39 is 0 Å². The first-order chi connectivity index (χ1) is 7.34. The highest BCUT2D eigenvalue weighted by atomic mass is 16.3.